The second kappa shape index (κ2) is 20.5. The number of carbonyl (C=O) groups is 5. The molecule has 5 amide bonds. The molecule has 9 N–H and O–H groups in total. The van der Waals surface area contributed by atoms with Crippen LogP contribution in [0.15, 0.2) is 113 Å². The van der Waals surface area contributed by atoms with Crippen LogP contribution in [0.2, 0.25) is 0 Å². The van der Waals surface area contributed by atoms with Gasteiger partial charge in [-0.1, -0.05) is 54.1 Å². The molecule has 0 bridgehead atoms. The fourth-order valence-electron chi connectivity index (χ4n) is 7.93. The zero-order chi connectivity index (χ0) is 48.8. The normalized spacial score (nSPS) is 18.5. The second-order valence-electron chi connectivity index (χ2n) is 17.7. The first-order chi connectivity index (χ1) is 31.6. The quantitative estimate of drug-likeness (QED) is 0.0743. The van der Waals surface area contributed by atoms with Gasteiger partial charge in [0.05, 0.1) is 17.0 Å². The summed E-state index contributed by atoms with van der Waals surface area (Å²) in [6.45, 7) is 6.87. The first kappa shape index (κ1) is 49.8. The number of nitrogens with two attached hydrogens (primary N) is 2. The van der Waals surface area contributed by atoms with Crippen molar-refractivity contribution in [1.29, 1.82) is 0 Å². The molecule has 67 heavy (non-hydrogen) atoms. The number of amides is 5. The van der Waals surface area contributed by atoms with E-state index in [1.54, 1.807) is 52.0 Å². The van der Waals surface area contributed by atoms with E-state index in [1.807, 2.05) is 0 Å². The highest BCUT2D eigenvalue weighted by atomic mass is 32.2. The zero-order valence-electron chi connectivity index (χ0n) is 37.6. The zero-order valence-corrected chi connectivity index (χ0v) is 38.4. The summed E-state index contributed by atoms with van der Waals surface area (Å²) in [5.74, 6) is -4.19. The number of alkyl carbamates (subject to hydrolysis) is 1. The Bertz CT molecular complexity index is 2620. The Balaban J connectivity index is 1.41. The van der Waals surface area contributed by atoms with E-state index in [0.717, 1.165) is 10.6 Å². The Morgan fingerprint density at radius 1 is 0.910 bits per heavy atom. The third kappa shape index (κ3) is 11.8. The van der Waals surface area contributed by atoms with E-state index in [1.165, 1.54) is 77.8 Å². The minimum Gasteiger partial charge on any atom is -0.508 e. The Labute approximate surface area is 388 Å². The Hall–Kier alpha value is -6.67. The van der Waals surface area contributed by atoms with Gasteiger partial charge in [-0.2, -0.15) is 0 Å². The largest absolute Gasteiger partial charge is 0.508 e. The number of sulfone groups is 1. The van der Waals surface area contributed by atoms with E-state index in [4.69, 9.17) is 16.2 Å². The molecule has 0 aromatic heterocycles. The number of fused-ring (bicyclic) bond motifs is 1. The number of hydrogen-bond acceptors (Lipinski definition) is 12. The summed E-state index contributed by atoms with van der Waals surface area (Å²) in [7, 11) is -4.69. The van der Waals surface area contributed by atoms with Gasteiger partial charge in [-0.15, -0.1) is 0 Å². The van der Waals surface area contributed by atoms with Crippen molar-refractivity contribution in [2.75, 3.05) is 13.1 Å². The van der Waals surface area contributed by atoms with Gasteiger partial charge in [0.1, 0.15) is 33.3 Å². The maximum atomic E-state index is 15.2. The van der Waals surface area contributed by atoms with Crippen LogP contribution in [-0.4, -0.2) is 94.7 Å². The van der Waals surface area contributed by atoms with E-state index in [2.05, 4.69) is 16.0 Å². The van der Waals surface area contributed by atoms with Crippen molar-refractivity contribution in [2.45, 2.75) is 101 Å². The summed E-state index contributed by atoms with van der Waals surface area (Å²) >= 11 is 0. The summed E-state index contributed by atoms with van der Waals surface area (Å²) in [5.41, 5.74) is 11.5. The summed E-state index contributed by atoms with van der Waals surface area (Å²) in [5, 5.41) is 32.3. The van der Waals surface area contributed by atoms with Gasteiger partial charge >= 0.3 is 6.09 Å². The summed E-state index contributed by atoms with van der Waals surface area (Å²) in [6.07, 6.45) is -2.32. The Kier molecular flexibility index (Phi) is 15.2. The van der Waals surface area contributed by atoms with E-state index in [9.17, 15) is 29.0 Å². The molecule has 6 rings (SSSR count). The standard InChI is InChI=1S/C48H56FN7O10S/c1-29-8-22-36(23-9-29)67(64,65)41-38(32-16-20-35(57)21-17-32)55-26-24-48(51,27-30-12-18-34(49)19-13-30)45(62)56(55)39(41)43(60)54-37(7-5-6-25-52-46(63)66-47(2,3)4)40(58)44(61)53-28-31-10-14-33(15-11-31)42(50)59/h8-23,37-38,40,57-58H,5-7,24-28,51H2,1-4H3,(H2,50,59)(H,52,63)(H,53,61)(H,54,60)/t37-,38?,40?,48?/m0/s1. The monoisotopic (exact) mass is 941 g/mol. The SMILES string of the molecule is Cc1ccc(S(=O)(=O)C2=C(C(=O)N[C@@H](CCCCNC(=O)OC(C)(C)C)C(O)C(=O)NCc3ccc(C(N)=O)cc3)N3C(=O)C(N)(Cc4ccc(F)cc4)CCN3C2c2ccc(O)cc2)cc1. The number of aryl methyl sites for hydroxylation is 1. The first-order valence-electron chi connectivity index (χ1n) is 21.7. The van der Waals surface area contributed by atoms with E-state index < -0.39 is 85.3 Å². The van der Waals surface area contributed by atoms with Crippen LogP contribution in [0, 0.1) is 12.7 Å². The van der Waals surface area contributed by atoms with Gasteiger partial charge in [-0.3, -0.25) is 19.2 Å². The van der Waals surface area contributed by atoms with Crippen LogP contribution < -0.4 is 27.4 Å². The lowest BCUT2D eigenvalue weighted by Crippen LogP contribution is -2.65. The van der Waals surface area contributed by atoms with E-state index >= 15 is 18.0 Å². The maximum absolute atomic E-state index is 15.2. The number of ether oxygens (including phenoxy) is 1. The number of halogens is 1. The molecule has 1 fully saturated rings. The van der Waals surface area contributed by atoms with Gasteiger partial charge in [0.15, 0.2) is 6.10 Å². The van der Waals surface area contributed by atoms with Crippen LogP contribution in [0.1, 0.15) is 85.1 Å². The number of nitrogens with zero attached hydrogens (tertiary/aromatic N) is 2. The molecule has 0 radical (unpaired) electrons. The lowest BCUT2D eigenvalue weighted by atomic mass is 9.85. The molecule has 2 heterocycles. The molecule has 0 saturated carbocycles. The minimum atomic E-state index is -4.69. The van der Waals surface area contributed by atoms with Crippen LogP contribution in [-0.2, 0) is 41.9 Å². The summed E-state index contributed by atoms with van der Waals surface area (Å²) in [4.78, 5) is 67.2. The number of carbonyl (C=O) groups excluding carboxylic acids is 5. The maximum Gasteiger partial charge on any atom is 0.407 e. The first-order valence-corrected chi connectivity index (χ1v) is 23.2. The van der Waals surface area contributed by atoms with Gasteiger partial charge in [0.25, 0.3) is 17.7 Å². The number of aliphatic hydroxyl groups excluding tert-OH is 1. The molecule has 4 atom stereocenters. The number of rotatable bonds is 17. The molecule has 1 saturated heterocycles. The van der Waals surface area contributed by atoms with Crippen molar-refractivity contribution in [3.8, 4) is 5.75 Å². The average molecular weight is 942 g/mol. The number of hydrazine groups is 1. The highest BCUT2D eigenvalue weighted by molar-refractivity contribution is 7.95. The third-order valence-corrected chi connectivity index (χ3v) is 13.3. The van der Waals surface area contributed by atoms with Crippen molar-refractivity contribution in [1.82, 2.24) is 26.0 Å². The van der Waals surface area contributed by atoms with Crippen LogP contribution >= 0.6 is 0 Å². The fraction of sp³-hybridized carbons (Fsp3) is 0.354. The molecule has 0 spiro atoms. The second-order valence-corrected chi connectivity index (χ2v) is 19.7. The van der Waals surface area contributed by atoms with Gasteiger partial charge in [0.2, 0.25) is 15.7 Å². The van der Waals surface area contributed by atoms with Crippen LogP contribution in [0.5, 0.6) is 5.75 Å². The number of unbranched alkanes of at least 4 members (excludes halogenated alkanes) is 1. The molecule has 2 aliphatic rings. The van der Waals surface area contributed by atoms with Crippen molar-refractivity contribution >= 4 is 39.6 Å². The van der Waals surface area contributed by atoms with E-state index in [-0.39, 0.29) is 61.5 Å². The lowest BCUT2D eigenvalue weighted by Gasteiger charge is -2.45. The highest BCUT2D eigenvalue weighted by Gasteiger charge is 2.57. The van der Waals surface area contributed by atoms with Gasteiger partial charge in [-0.05, 0) is 125 Å². The number of phenolic OH excluding ortho intramolecular Hbond substituents is 1. The van der Waals surface area contributed by atoms with Gasteiger partial charge in [-0.25, -0.2) is 27.6 Å². The van der Waals surface area contributed by atoms with Crippen molar-refractivity contribution in [3.63, 3.8) is 0 Å². The highest BCUT2D eigenvalue weighted by Crippen LogP contribution is 2.48. The van der Waals surface area contributed by atoms with Crippen LogP contribution in [0.3, 0.4) is 0 Å². The number of aliphatic hydroxyl groups is 1. The predicted octanol–water partition coefficient (Wildman–Crippen LogP) is 3.93. The number of nitrogens with one attached hydrogen (secondary N) is 3. The topological polar surface area (TPSA) is 264 Å². The summed E-state index contributed by atoms with van der Waals surface area (Å²) < 4.78 is 49.5. The Morgan fingerprint density at radius 3 is 2.15 bits per heavy atom. The molecule has 4 aromatic rings. The number of benzene rings is 4. The van der Waals surface area contributed by atoms with E-state index in [0.29, 0.717) is 23.1 Å². The number of phenols is 1. The minimum absolute atomic E-state index is 0.0227. The Morgan fingerprint density at radius 2 is 1.54 bits per heavy atom. The smallest absolute Gasteiger partial charge is 0.407 e. The molecule has 3 unspecified atom stereocenters. The third-order valence-electron chi connectivity index (χ3n) is 11.4. The lowest BCUT2D eigenvalue weighted by molar-refractivity contribution is -0.160. The summed E-state index contributed by atoms with van der Waals surface area (Å²) in [6, 6.07) is 20.3. The van der Waals surface area contributed by atoms with Crippen LogP contribution in [0.4, 0.5) is 9.18 Å². The predicted molar refractivity (Wildman–Crippen MR) is 244 cm³/mol. The van der Waals surface area contributed by atoms with Crippen molar-refractivity contribution < 1.29 is 51.7 Å². The fourth-order valence-corrected chi connectivity index (χ4v) is 9.67. The number of primary amides is 1. The molecular formula is C48H56FN7O10S. The molecule has 0 aliphatic carbocycles. The number of aromatic hydroxyl groups is 1. The molecule has 356 valence electrons. The molecule has 17 nitrogen and oxygen atoms in total. The molecule has 19 heteroatoms. The van der Waals surface area contributed by atoms with Gasteiger partial charge < -0.3 is 42.4 Å². The number of hydrogen-bond donors (Lipinski definition) is 7. The van der Waals surface area contributed by atoms with Gasteiger partial charge in [0, 0.05) is 25.2 Å². The molecule has 2 aliphatic heterocycles. The van der Waals surface area contributed by atoms with Crippen molar-refractivity contribution in [2.24, 2.45) is 11.5 Å². The van der Waals surface area contributed by atoms with Crippen molar-refractivity contribution in [3.05, 3.63) is 141 Å². The van der Waals surface area contributed by atoms with Crippen LogP contribution in [0.25, 0.3) is 0 Å². The molecule has 4 aromatic carbocycles. The molecular weight excluding hydrogens is 886 g/mol. The average Bonchev–Trinajstić information content (AvgIpc) is 3.63.